The van der Waals surface area contributed by atoms with E-state index in [0.29, 0.717) is 43.8 Å². The van der Waals surface area contributed by atoms with Crippen LogP contribution in [0.5, 0.6) is 11.5 Å². The number of hydrogen-bond acceptors (Lipinski definition) is 7. The Labute approximate surface area is 207 Å². The van der Waals surface area contributed by atoms with E-state index in [1.165, 1.54) is 18.0 Å². The molecule has 0 atom stereocenters. The van der Waals surface area contributed by atoms with Crippen LogP contribution >= 0.6 is 15.9 Å². The Morgan fingerprint density at radius 2 is 1.97 bits per heavy atom. The molecular formula is C26H17BrN4O4. The third-order valence-electron chi connectivity index (χ3n) is 5.25. The Balaban J connectivity index is 1.65. The molecular weight excluding hydrogens is 512 g/mol. The van der Waals surface area contributed by atoms with Crippen LogP contribution in [0.3, 0.4) is 0 Å². The lowest BCUT2D eigenvalue weighted by Crippen LogP contribution is -2.20. The maximum absolute atomic E-state index is 13.4. The standard InChI is InChI=1S/C26H17BrN4O4/c1-33-22-13-16(12-19(27)24(22)34-11-10-28)15-29-31-25(23-14-17-6-2-5-9-21(17)35-23)30-20-8-4-3-7-18(20)26(31)32/h2-9,12-15H,11H2,1H3. The molecule has 0 radical (unpaired) electrons. The van der Waals surface area contributed by atoms with Crippen LogP contribution in [0.4, 0.5) is 0 Å². The summed E-state index contributed by atoms with van der Waals surface area (Å²) in [6, 6.07) is 21.9. The van der Waals surface area contributed by atoms with Gasteiger partial charge in [-0.15, -0.1) is 0 Å². The van der Waals surface area contributed by atoms with Crippen LogP contribution in [0.15, 0.2) is 85.5 Å². The van der Waals surface area contributed by atoms with E-state index in [9.17, 15) is 4.79 Å². The minimum absolute atomic E-state index is 0.124. The van der Waals surface area contributed by atoms with Crippen molar-refractivity contribution in [3.05, 3.63) is 87.1 Å². The first-order valence-electron chi connectivity index (χ1n) is 10.5. The van der Waals surface area contributed by atoms with Crippen LogP contribution < -0.4 is 15.0 Å². The van der Waals surface area contributed by atoms with E-state index in [0.717, 1.165) is 5.39 Å². The molecule has 35 heavy (non-hydrogen) atoms. The van der Waals surface area contributed by atoms with Crippen molar-refractivity contribution in [1.29, 1.82) is 5.26 Å². The molecule has 2 aromatic heterocycles. The highest BCUT2D eigenvalue weighted by atomic mass is 79.9. The average molecular weight is 529 g/mol. The molecule has 0 fully saturated rings. The average Bonchev–Trinajstić information content (AvgIpc) is 3.31. The Morgan fingerprint density at radius 3 is 2.77 bits per heavy atom. The minimum Gasteiger partial charge on any atom is -0.493 e. The quantitative estimate of drug-likeness (QED) is 0.274. The molecule has 9 heteroatoms. The van der Waals surface area contributed by atoms with E-state index in [-0.39, 0.29) is 18.0 Å². The van der Waals surface area contributed by atoms with Crippen molar-refractivity contribution in [2.75, 3.05) is 13.7 Å². The summed E-state index contributed by atoms with van der Waals surface area (Å²) in [6.45, 7) is -0.124. The third-order valence-corrected chi connectivity index (χ3v) is 5.84. The zero-order valence-electron chi connectivity index (χ0n) is 18.4. The number of fused-ring (bicyclic) bond motifs is 2. The van der Waals surface area contributed by atoms with Crippen molar-refractivity contribution >= 4 is 44.0 Å². The van der Waals surface area contributed by atoms with Gasteiger partial charge in [-0.3, -0.25) is 4.79 Å². The largest absolute Gasteiger partial charge is 0.493 e. The summed E-state index contributed by atoms with van der Waals surface area (Å²) < 4.78 is 18.6. The maximum atomic E-state index is 13.4. The van der Waals surface area contributed by atoms with E-state index in [2.05, 4.69) is 26.0 Å². The molecule has 2 heterocycles. The SMILES string of the molecule is COc1cc(C=Nn2c(-c3cc4ccccc4o3)nc3ccccc3c2=O)cc(Br)c1OCC#N. The molecule has 0 aliphatic heterocycles. The molecule has 0 aliphatic rings. The number of rotatable bonds is 6. The van der Waals surface area contributed by atoms with Crippen LogP contribution in [0.2, 0.25) is 0 Å². The summed E-state index contributed by atoms with van der Waals surface area (Å²) in [4.78, 5) is 18.1. The topological polar surface area (TPSA) is 103 Å². The van der Waals surface area contributed by atoms with Crippen molar-refractivity contribution in [1.82, 2.24) is 9.66 Å². The predicted octanol–water partition coefficient (Wildman–Crippen LogP) is 5.37. The number of hydrogen-bond donors (Lipinski definition) is 0. The summed E-state index contributed by atoms with van der Waals surface area (Å²) in [7, 11) is 1.50. The monoisotopic (exact) mass is 528 g/mol. The van der Waals surface area contributed by atoms with Gasteiger partial charge in [-0.1, -0.05) is 30.3 Å². The summed E-state index contributed by atoms with van der Waals surface area (Å²) in [5, 5.41) is 14.6. The number of ether oxygens (including phenoxy) is 2. The molecule has 0 saturated carbocycles. The zero-order chi connectivity index (χ0) is 24.4. The van der Waals surface area contributed by atoms with E-state index >= 15 is 0 Å². The second-order valence-corrected chi connectivity index (χ2v) is 8.30. The summed E-state index contributed by atoms with van der Waals surface area (Å²) in [5.41, 5.74) is 1.53. The fourth-order valence-corrected chi connectivity index (χ4v) is 4.24. The predicted molar refractivity (Wildman–Crippen MR) is 136 cm³/mol. The Bertz CT molecular complexity index is 1670. The molecule has 0 bridgehead atoms. The van der Waals surface area contributed by atoms with Crippen LogP contribution in [0.1, 0.15) is 5.56 Å². The van der Waals surface area contributed by atoms with Crippen molar-refractivity contribution in [2.45, 2.75) is 0 Å². The van der Waals surface area contributed by atoms with Gasteiger partial charge < -0.3 is 13.9 Å². The van der Waals surface area contributed by atoms with Gasteiger partial charge in [0.05, 0.1) is 28.7 Å². The first-order chi connectivity index (χ1) is 17.1. The number of furan rings is 1. The summed E-state index contributed by atoms with van der Waals surface area (Å²) in [6.07, 6.45) is 1.52. The van der Waals surface area contributed by atoms with Crippen molar-refractivity contribution in [3.63, 3.8) is 0 Å². The summed E-state index contributed by atoms with van der Waals surface area (Å²) in [5.74, 6) is 1.52. The van der Waals surface area contributed by atoms with Gasteiger partial charge in [-0.05, 0) is 57.9 Å². The number of aromatic nitrogens is 2. The highest BCUT2D eigenvalue weighted by Crippen LogP contribution is 2.36. The Hall–Kier alpha value is -4.42. The molecule has 5 rings (SSSR count). The number of benzene rings is 3. The smallest absolute Gasteiger partial charge is 0.282 e. The molecule has 0 saturated heterocycles. The third kappa shape index (κ3) is 4.27. The van der Waals surface area contributed by atoms with Gasteiger partial charge in [0.1, 0.15) is 11.7 Å². The van der Waals surface area contributed by atoms with Crippen molar-refractivity contribution in [2.24, 2.45) is 5.10 Å². The van der Waals surface area contributed by atoms with Gasteiger partial charge >= 0.3 is 0 Å². The molecule has 0 aliphatic carbocycles. The fourth-order valence-electron chi connectivity index (χ4n) is 3.67. The second kappa shape index (κ2) is 9.44. The van der Waals surface area contributed by atoms with Crippen molar-refractivity contribution < 1.29 is 13.9 Å². The van der Waals surface area contributed by atoms with Gasteiger partial charge in [0.25, 0.3) is 5.56 Å². The molecule has 8 nitrogen and oxygen atoms in total. The second-order valence-electron chi connectivity index (χ2n) is 7.44. The van der Waals surface area contributed by atoms with E-state index in [1.807, 2.05) is 42.5 Å². The van der Waals surface area contributed by atoms with E-state index < -0.39 is 0 Å². The van der Waals surface area contributed by atoms with Gasteiger partial charge in [0, 0.05) is 5.39 Å². The Kier molecular flexibility index (Phi) is 6.04. The van der Waals surface area contributed by atoms with E-state index in [1.54, 1.807) is 30.3 Å². The molecule has 0 amide bonds. The molecule has 5 aromatic rings. The first kappa shape index (κ1) is 22.4. The highest BCUT2D eigenvalue weighted by Gasteiger charge is 2.17. The van der Waals surface area contributed by atoms with Crippen molar-refractivity contribution in [3.8, 4) is 29.2 Å². The number of halogens is 1. The van der Waals surface area contributed by atoms with Gasteiger partial charge in [0.2, 0.25) is 5.82 Å². The normalized spacial score (nSPS) is 11.2. The molecule has 0 spiro atoms. The van der Waals surface area contributed by atoms with Gasteiger partial charge in [-0.25, -0.2) is 4.98 Å². The molecule has 172 valence electrons. The lowest BCUT2D eigenvalue weighted by molar-refractivity contribution is 0.327. The molecule has 0 N–H and O–H groups in total. The first-order valence-corrected chi connectivity index (χ1v) is 11.3. The maximum Gasteiger partial charge on any atom is 0.282 e. The number of methoxy groups -OCH3 is 1. The number of nitrogens with zero attached hydrogens (tertiary/aromatic N) is 4. The van der Waals surface area contributed by atoms with Gasteiger partial charge in [0.15, 0.2) is 23.9 Å². The summed E-state index contributed by atoms with van der Waals surface area (Å²) >= 11 is 3.44. The zero-order valence-corrected chi connectivity index (χ0v) is 20.0. The van der Waals surface area contributed by atoms with Crippen LogP contribution in [0.25, 0.3) is 33.5 Å². The minimum atomic E-state index is -0.331. The molecule has 3 aromatic carbocycles. The fraction of sp³-hybridized carbons (Fsp3) is 0.0769. The van der Waals surface area contributed by atoms with E-state index in [4.69, 9.17) is 19.2 Å². The van der Waals surface area contributed by atoms with Crippen LogP contribution in [-0.2, 0) is 0 Å². The number of para-hydroxylation sites is 2. The Morgan fingerprint density at radius 1 is 1.17 bits per heavy atom. The lowest BCUT2D eigenvalue weighted by atomic mass is 10.2. The van der Waals surface area contributed by atoms with Gasteiger partial charge in [-0.2, -0.15) is 15.0 Å². The molecule has 0 unspecified atom stereocenters. The van der Waals surface area contributed by atoms with Crippen LogP contribution in [0, 0.1) is 11.3 Å². The van der Waals surface area contributed by atoms with Crippen LogP contribution in [-0.4, -0.2) is 29.6 Å². The number of nitriles is 1. The lowest BCUT2D eigenvalue weighted by Gasteiger charge is -2.11. The highest BCUT2D eigenvalue weighted by molar-refractivity contribution is 9.10.